The van der Waals surface area contributed by atoms with Crippen LogP contribution in [0, 0.1) is 7.14 Å². The molecule has 2 rings (SSSR count). The average molecular weight is 369 g/mol. The number of aromatic carboxylic acids is 2. The van der Waals surface area contributed by atoms with Crippen molar-refractivity contribution in [2.75, 3.05) is 0 Å². The number of carboxylic acids is 2. The molecule has 0 aliphatic carbocycles. The minimum atomic E-state index is -0.954. The first-order valence-electron chi connectivity index (χ1n) is 5.38. The summed E-state index contributed by atoms with van der Waals surface area (Å²) < 4.78 is 1.89. The zero-order valence-corrected chi connectivity index (χ0v) is 11.9. The topological polar surface area (TPSA) is 74.6 Å². The van der Waals surface area contributed by atoms with E-state index >= 15 is 0 Å². The van der Waals surface area contributed by atoms with Gasteiger partial charge in [-0.2, -0.15) is 0 Å². The van der Waals surface area contributed by atoms with E-state index in [9.17, 15) is 9.59 Å². The number of benzene rings is 2. The summed E-state index contributed by atoms with van der Waals surface area (Å²) in [6, 6.07) is 13.5. The van der Waals surface area contributed by atoms with Crippen LogP contribution in [0.2, 0.25) is 0 Å². The molecule has 0 radical (unpaired) electrons. The van der Waals surface area contributed by atoms with Crippen molar-refractivity contribution in [3.05, 3.63) is 66.8 Å². The second-order valence-corrected chi connectivity index (χ2v) is 6.76. The molecule has 0 atom stereocenters. The van der Waals surface area contributed by atoms with Crippen LogP contribution < -0.4 is 21.2 Å². The van der Waals surface area contributed by atoms with Gasteiger partial charge < -0.3 is 0 Å². The Hall–Kier alpha value is -1.89. The molecule has 2 aromatic carbocycles. The van der Waals surface area contributed by atoms with Crippen LogP contribution in [0.4, 0.5) is 0 Å². The Morgan fingerprint density at radius 1 is 0.789 bits per heavy atom. The summed E-state index contributed by atoms with van der Waals surface area (Å²) >= 11 is -0.583. The van der Waals surface area contributed by atoms with Crippen LogP contribution in [0.25, 0.3) is 0 Å². The van der Waals surface area contributed by atoms with Crippen molar-refractivity contribution in [3.63, 3.8) is 0 Å². The molecule has 2 aromatic rings. The van der Waals surface area contributed by atoms with Gasteiger partial charge in [0, 0.05) is 0 Å². The molecule has 0 saturated heterocycles. The van der Waals surface area contributed by atoms with Crippen LogP contribution in [0.15, 0.2) is 48.5 Å². The zero-order chi connectivity index (χ0) is 13.8. The van der Waals surface area contributed by atoms with Crippen molar-refractivity contribution in [3.8, 4) is 0 Å². The van der Waals surface area contributed by atoms with Gasteiger partial charge in [0.15, 0.2) is 0 Å². The molecule has 0 aromatic heterocycles. The molecule has 5 heteroatoms. The van der Waals surface area contributed by atoms with Crippen molar-refractivity contribution in [2.45, 2.75) is 0 Å². The molecular formula is C14H10IO4-. The van der Waals surface area contributed by atoms with Gasteiger partial charge in [0.05, 0.1) is 0 Å². The van der Waals surface area contributed by atoms with Gasteiger partial charge in [-0.05, 0) is 0 Å². The summed E-state index contributed by atoms with van der Waals surface area (Å²) in [5.41, 5.74) is 0.512. The first-order chi connectivity index (χ1) is 9.06. The maximum absolute atomic E-state index is 10.9. The number of rotatable bonds is 4. The van der Waals surface area contributed by atoms with Gasteiger partial charge in [0.2, 0.25) is 0 Å². The van der Waals surface area contributed by atoms with Gasteiger partial charge in [-0.3, -0.25) is 0 Å². The van der Waals surface area contributed by atoms with E-state index in [1.807, 2.05) is 12.1 Å². The Morgan fingerprint density at radius 2 is 1.21 bits per heavy atom. The van der Waals surface area contributed by atoms with Crippen LogP contribution in [0.5, 0.6) is 0 Å². The molecule has 0 heterocycles. The van der Waals surface area contributed by atoms with Crippen LogP contribution in [-0.4, -0.2) is 22.2 Å². The molecule has 0 saturated carbocycles. The van der Waals surface area contributed by atoms with Crippen molar-refractivity contribution < 1.29 is 41.0 Å². The number of carboxylic acid groups (broad SMARTS) is 2. The number of hydrogen-bond donors (Lipinski definition) is 2. The van der Waals surface area contributed by atoms with E-state index in [1.54, 1.807) is 36.4 Å². The van der Waals surface area contributed by atoms with E-state index in [0.717, 1.165) is 7.14 Å². The van der Waals surface area contributed by atoms with Gasteiger partial charge in [-0.1, -0.05) is 0 Å². The third-order valence-corrected chi connectivity index (χ3v) is 4.95. The maximum atomic E-state index is 10.9. The summed E-state index contributed by atoms with van der Waals surface area (Å²) in [4.78, 5) is 21.8. The summed E-state index contributed by atoms with van der Waals surface area (Å²) in [5.74, 6) is -1.91. The number of halogens is 1. The minimum absolute atomic E-state index is 0.256. The molecular weight excluding hydrogens is 359 g/mol. The normalized spacial score (nSPS) is 10.3. The third-order valence-electron chi connectivity index (χ3n) is 2.36. The number of carbonyl (C=O) groups is 2. The van der Waals surface area contributed by atoms with Crippen molar-refractivity contribution in [2.24, 2.45) is 0 Å². The Balaban J connectivity index is 2.26. The van der Waals surface area contributed by atoms with E-state index < -0.39 is 33.1 Å². The fraction of sp³-hybridized carbons (Fsp3) is 0. The van der Waals surface area contributed by atoms with E-state index in [-0.39, 0.29) is 11.1 Å². The SMILES string of the molecule is O=C(O)c1cccc([I-]c2cccc(C(=O)O)c2)c1. The van der Waals surface area contributed by atoms with Crippen LogP contribution in [-0.2, 0) is 0 Å². The first kappa shape index (κ1) is 13.5. The Bertz CT molecular complexity index is 581. The van der Waals surface area contributed by atoms with Crippen molar-refractivity contribution in [1.29, 1.82) is 0 Å². The predicted octanol–water partition coefficient (Wildman–Crippen LogP) is -0.789. The average Bonchev–Trinajstić information content (AvgIpc) is 2.39. The molecule has 0 spiro atoms. The monoisotopic (exact) mass is 369 g/mol. The molecule has 0 fully saturated rings. The van der Waals surface area contributed by atoms with E-state index in [1.165, 1.54) is 0 Å². The van der Waals surface area contributed by atoms with Gasteiger partial charge in [0.25, 0.3) is 0 Å². The number of hydrogen-bond acceptors (Lipinski definition) is 2. The third kappa shape index (κ3) is 3.54. The zero-order valence-electron chi connectivity index (χ0n) is 9.71. The van der Waals surface area contributed by atoms with E-state index in [0.29, 0.717) is 0 Å². The fourth-order valence-electron chi connectivity index (χ4n) is 1.49. The molecule has 0 aliphatic rings. The molecule has 0 aliphatic heterocycles. The van der Waals surface area contributed by atoms with E-state index in [4.69, 9.17) is 10.2 Å². The standard InChI is InChI=1S/C14H10IO4/c16-13(17)9-3-1-5-11(7-9)15-12-6-2-4-10(8-12)14(18)19/h1-8H,(H,16,17)(H,18,19)/q-1. The molecule has 0 bridgehead atoms. The molecule has 0 amide bonds. The van der Waals surface area contributed by atoms with Crippen LogP contribution in [0.3, 0.4) is 0 Å². The Kier molecular flexibility index (Phi) is 4.16. The van der Waals surface area contributed by atoms with Gasteiger partial charge in [-0.25, -0.2) is 0 Å². The summed E-state index contributed by atoms with van der Waals surface area (Å²) in [6.45, 7) is 0. The van der Waals surface area contributed by atoms with Gasteiger partial charge >= 0.3 is 120 Å². The predicted molar refractivity (Wildman–Crippen MR) is 64.2 cm³/mol. The second-order valence-electron chi connectivity index (χ2n) is 3.73. The van der Waals surface area contributed by atoms with Crippen molar-refractivity contribution >= 4 is 11.9 Å². The molecule has 98 valence electrons. The summed E-state index contributed by atoms with van der Waals surface area (Å²) in [6.07, 6.45) is 0. The Labute approximate surface area is 120 Å². The molecule has 0 unspecified atom stereocenters. The summed E-state index contributed by atoms with van der Waals surface area (Å²) in [7, 11) is 0. The van der Waals surface area contributed by atoms with Crippen molar-refractivity contribution in [1.82, 2.24) is 0 Å². The van der Waals surface area contributed by atoms with Gasteiger partial charge in [0.1, 0.15) is 0 Å². The molecule has 2 N–H and O–H groups in total. The molecule has 4 nitrogen and oxygen atoms in total. The second kappa shape index (κ2) is 5.83. The van der Waals surface area contributed by atoms with Gasteiger partial charge in [-0.15, -0.1) is 0 Å². The summed E-state index contributed by atoms with van der Waals surface area (Å²) in [5, 5.41) is 17.9. The fourth-order valence-corrected chi connectivity index (χ4v) is 3.96. The Morgan fingerprint density at radius 3 is 1.58 bits per heavy atom. The van der Waals surface area contributed by atoms with Crippen LogP contribution in [0.1, 0.15) is 20.7 Å². The first-order valence-corrected chi connectivity index (χ1v) is 7.53. The molecule has 19 heavy (non-hydrogen) atoms. The quantitative estimate of drug-likeness (QED) is 0.693. The van der Waals surface area contributed by atoms with E-state index in [2.05, 4.69) is 0 Å². The van der Waals surface area contributed by atoms with Crippen LogP contribution >= 0.6 is 0 Å².